The summed E-state index contributed by atoms with van der Waals surface area (Å²) in [6.45, 7) is 6.58. The fourth-order valence-corrected chi connectivity index (χ4v) is 2.06. The molecule has 1 amide bonds. The van der Waals surface area contributed by atoms with Crippen LogP contribution in [-0.4, -0.2) is 36.7 Å². The lowest BCUT2D eigenvalue weighted by Crippen LogP contribution is -2.41. The van der Waals surface area contributed by atoms with Gasteiger partial charge in [0.2, 0.25) is 0 Å². The van der Waals surface area contributed by atoms with Crippen LogP contribution in [-0.2, 0) is 6.42 Å². The van der Waals surface area contributed by atoms with Crippen LogP contribution in [0.15, 0.2) is 29.3 Å². The second-order valence-corrected chi connectivity index (χ2v) is 5.86. The number of amidine groups is 1. The molecule has 5 nitrogen and oxygen atoms in total. The van der Waals surface area contributed by atoms with Gasteiger partial charge in [0.1, 0.15) is 5.84 Å². The number of benzene rings is 1. The van der Waals surface area contributed by atoms with Crippen molar-refractivity contribution in [3.63, 3.8) is 0 Å². The molecule has 3 N–H and O–H groups in total. The maximum absolute atomic E-state index is 10.4. The standard InChI is InChI=1S/C15H21N3O2/c1-15(2)9-17-13(18-10-15)12-5-3-11(4-6-12)7-8-16-14(19)20/h3-6,16H,7-10H2,1-2H3,(H,17,18)(H,19,20). The van der Waals surface area contributed by atoms with Crippen molar-refractivity contribution in [3.8, 4) is 0 Å². The van der Waals surface area contributed by atoms with Crippen LogP contribution in [0.3, 0.4) is 0 Å². The van der Waals surface area contributed by atoms with Crippen molar-refractivity contribution < 1.29 is 9.90 Å². The fraction of sp³-hybridized carbons (Fsp3) is 0.467. The van der Waals surface area contributed by atoms with Crippen molar-refractivity contribution in [3.05, 3.63) is 35.4 Å². The van der Waals surface area contributed by atoms with Crippen LogP contribution < -0.4 is 10.6 Å². The van der Waals surface area contributed by atoms with Crippen LogP contribution in [0.25, 0.3) is 0 Å². The Morgan fingerprint density at radius 2 is 2.10 bits per heavy atom. The molecular weight excluding hydrogens is 254 g/mol. The molecule has 0 aromatic heterocycles. The minimum atomic E-state index is -0.981. The number of aliphatic imine (C=N–C) groups is 1. The van der Waals surface area contributed by atoms with Crippen molar-refractivity contribution in [2.24, 2.45) is 10.4 Å². The number of nitrogens with one attached hydrogen (secondary N) is 2. The van der Waals surface area contributed by atoms with Gasteiger partial charge >= 0.3 is 6.09 Å². The van der Waals surface area contributed by atoms with E-state index in [1.165, 1.54) is 0 Å². The minimum absolute atomic E-state index is 0.214. The summed E-state index contributed by atoms with van der Waals surface area (Å²) in [6.07, 6.45) is -0.288. The van der Waals surface area contributed by atoms with Gasteiger partial charge in [0.15, 0.2) is 0 Å². The van der Waals surface area contributed by atoms with Gasteiger partial charge in [-0.05, 0) is 12.0 Å². The normalized spacial score (nSPS) is 17.0. The number of rotatable bonds is 4. The lowest BCUT2D eigenvalue weighted by molar-refractivity contribution is 0.194. The van der Waals surface area contributed by atoms with Crippen LogP contribution >= 0.6 is 0 Å². The molecule has 1 aliphatic heterocycles. The molecule has 0 spiro atoms. The summed E-state index contributed by atoms with van der Waals surface area (Å²) < 4.78 is 0. The topological polar surface area (TPSA) is 73.7 Å². The largest absolute Gasteiger partial charge is 0.465 e. The highest BCUT2D eigenvalue weighted by Crippen LogP contribution is 2.18. The van der Waals surface area contributed by atoms with E-state index in [2.05, 4.69) is 29.5 Å². The first-order valence-corrected chi connectivity index (χ1v) is 6.81. The molecule has 0 bridgehead atoms. The van der Waals surface area contributed by atoms with Gasteiger partial charge in [0, 0.05) is 30.6 Å². The average molecular weight is 275 g/mol. The Bertz CT molecular complexity index is 506. The first-order valence-electron chi connectivity index (χ1n) is 6.81. The molecule has 0 radical (unpaired) electrons. The number of nitrogens with zero attached hydrogens (tertiary/aromatic N) is 1. The number of hydrogen-bond acceptors (Lipinski definition) is 3. The zero-order chi connectivity index (χ0) is 14.6. The van der Waals surface area contributed by atoms with E-state index >= 15 is 0 Å². The van der Waals surface area contributed by atoms with Gasteiger partial charge < -0.3 is 15.7 Å². The highest BCUT2D eigenvalue weighted by Gasteiger charge is 2.22. The predicted octanol–water partition coefficient (Wildman–Crippen LogP) is 1.87. The third-order valence-electron chi connectivity index (χ3n) is 3.32. The summed E-state index contributed by atoms with van der Waals surface area (Å²) in [6, 6.07) is 8.09. The molecule has 0 atom stereocenters. The number of carbonyl (C=O) groups is 1. The van der Waals surface area contributed by atoms with Gasteiger partial charge in [-0.25, -0.2) is 4.79 Å². The SMILES string of the molecule is CC1(C)CN=C(c2ccc(CCNC(=O)O)cc2)NC1. The van der Waals surface area contributed by atoms with Gasteiger partial charge in [0.05, 0.1) is 0 Å². The summed E-state index contributed by atoms with van der Waals surface area (Å²) in [5.74, 6) is 0.944. The Morgan fingerprint density at radius 3 is 2.65 bits per heavy atom. The fourth-order valence-electron chi connectivity index (χ4n) is 2.06. The quantitative estimate of drug-likeness (QED) is 0.785. The first kappa shape index (κ1) is 14.4. The van der Waals surface area contributed by atoms with Crippen LogP contribution in [0.4, 0.5) is 4.79 Å². The van der Waals surface area contributed by atoms with Gasteiger partial charge in [0.25, 0.3) is 0 Å². The smallest absolute Gasteiger partial charge is 0.404 e. The van der Waals surface area contributed by atoms with Crippen molar-refractivity contribution in [1.82, 2.24) is 10.6 Å². The molecule has 0 saturated heterocycles. The lowest BCUT2D eigenvalue weighted by atomic mass is 9.92. The van der Waals surface area contributed by atoms with Gasteiger partial charge in [-0.2, -0.15) is 0 Å². The summed E-state index contributed by atoms with van der Waals surface area (Å²) in [7, 11) is 0. The van der Waals surface area contributed by atoms with Crippen molar-refractivity contribution in [2.45, 2.75) is 20.3 Å². The van der Waals surface area contributed by atoms with Gasteiger partial charge in [-0.15, -0.1) is 0 Å². The Labute approximate surface area is 119 Å². The van der Waals surface area contributed by atoms with E-state index in [1.54, 1.807) is 0 Å². The van der Waals surface area contributed by atoms with E-state index < -0.39 is 6.09 Å². The Hall–Kier alpha value is -2.04. The van der Waals surface area contributed by atoms with Crippen LogP contribution in [0.5, 0.6) is 0 Å². The molecule has 20 heavy (non-hydrogen) atoms. The van der Waals surface area contributed by atoms with Crippen molar-refractivity contribution >= 4 is 11.9 Å². The molecular formula is C15H21N3O2. The molecule has 0 aliphatic carbocycles. The predicted molar refractivity (Wildman–Crippen MR) is 79.4 cm³/mol. The maximum atomic E-state index is 10.4. The molecule has 1 aromatic rings. The minimum Gasteiger partial charge on any atom is -0.465 e. The second-order valence-electron chi connectivity index (χ2n) is 5.86. The summed E-state index contributed by atoms with van der Waals surface area (Å²) >= 11 is 0. The average Bonchev–Trinajstić information content (AvgIpc) is 2.39. The monoisotopic (exact) mass is 275 g/mol. The molecule has 0 unspecified atom stereocenters. The zero-order valence-corrected chi connectivity index (χ0v) is 11.9. The number of carboxylic acid groups (broad SMARTS) is 1. The van der Waals surface area contributed by atoms with Crippen LogP contribution in [0, 0.1) is 5.41 Å². The first-order chi connectivity index (χ1) is 9.46. The number of hydrogen-bond donors (Lipinski definition) is 3. The molecule has 1 heterocycles. The Kier molecular flexibility index (Phi) is 4.27. The summed E-state index contributed by atoms with van der Waals surface area (Å²) in [5.41, 5.74) is 2.40. The molecule has 0 fully saturated rings. The van der Waals surface area contributed by atoms with E-state index in [0.717, 1.165) is 30.1 Å². The van der Waals surface area contributed by atoms with Crippen molar-refractivity contribution in [1.29, 1.82) is 0 Å². The van der Waals surface area contributed by atoms with Gasteiger partial charge in [-0.3, -0.25) is 4.99 Å². The van der Waals surface area contributed by atoms with Crippen LogP contribution in [0.1, 0.15) is 25.0 Å². The summed E-state index contributed by atoms with van der Waals surface area (Å²) in [5, 5.41) is 14.2. The molecule has 108 valence electrons. The number of amides is 1. The highest BCUT2D eigenvalue weighted by atomic mass is 16.4. The van der Waals surface area contributed by atoms with E-state index in [0.29, 0.717) is 13.0 Å². The molecule has 1 aromatic carbocycles. The molecule has 2 rings (SSSR count). The summed E-state index contributed by atoms with van der Waals surface area (Å²) in [4.78, 5) is 15.0. The zero-order valence-electron chi connectivity index (χ0n) is 11.9. The van der Waals surface area contributed by atoms with Crippen molar-refractivity contribution in [2.75, 3.05) is 19.6 Å². The molecule has 1 aliphatic rings. The van der Waals surface area contributed by atoms with E-state index in [-0.39, 0.29) is 5.41 Å². The van der Waals surface area contributed by atoms with Gasteiger partial charge in [-0.1, -0.05) is 38.1 Å². The Morgan fingerprint density at radius 1 is 1.40 bits per heavy atom. The lowest BCUT2D eigenvalue weighted by Gasteiger charge is -2.29. The second kappa shape index (κ2) is 5.94. The highest BCUT2D eigenvalue weighted by molar-refractivity contribution is 5.99. The van der Waals surface area contributed by atoms with E-state index in [4.69, 9.17) is 5.11 Å². The Balaban J connectivity index is 1.95. The molecule has 5 heteroatoms. The third kappa shape index (κ3) is 3.98. The molecule has 0 saturated carbocycles. The maximum Gasteiger partial charge on any atom is 0.404 e. The van der Waals surface area contributed by atoms with E-state index in [1.807, 2.05) is 24.3 Å². The van der Waals surface area contributed by atoms with Crippen LogP contribution in [0.2, 0.25) is 0 Å². The third-order valence-corrected chi connectivity index (χ3v) is 3.32. The van der Waals surface area contributed by atoms with E-state index in [9.17, 15) is 4.79 Å².